The summed E-state index contributed by atoms with van der Waals surface area (Å²) in [6, 6.07) is 21.2. The highest BCUT2D eigenvalue weighted by atomic mass is 32.2. The van der Waals surface area contributed by atoms with Crippen LogP contribution < -0.4 is 10.3 Å². The maximum Gasteiger partial charge on any atom is 0.339 e. The standard InChI is InChI=1S/C28H27N3O6S/c1-18-15-16-23(17-24(18)28(34)37-20(3)26(32)21-11-7-5-8-12-21)38(35,36)29-25-19(2)30(4)31(27(25)33)22-13-9-6-10-14-22/h5-17,20,29H,1-4H3/t20-/m0/s1. The smallest absolute Gasteiger partial charge is 0.339 e. The molecule has 3 aromatic carbocycles. The molecule has 4 rings (SSSR count). The van der Waals surface area contributed by atoms with Crippen LogP contribution in [0.3, 0.4) is 0 Å². The number of esters is 1. The molecule has 0 radical (unpaired) electrons. The number of para-hydroxylation sites is 1. The summed E-state index contributed by atoms with van der Waals surface area (Å²) in [5.74, 6) is -1.21. The Morgan fingerprint density at radius 2 is 1.53 bits per heavy atom. The van der Waals surface area contributed by atoms with Crippen molar-refractivity contribution in [1.82, 2.24) is 9.36 Å². The molecule has 0 fully saturated rings. The Labute approximate surface area is 220 Å². The number of sulfonamides is 1. The molecule has 0 aliphatic carbocycles. The molecule has 1 heterocycles. The monoisotopic (exact) mass is 533 g/mol. The Balaban J connectivity index is 1.61. The van der Waals surface area contributed by atoms with Crippen molar-refractivity contribution in [3.63, 3.8) is 0 Å². The number of ketones is 1. The number of carbonyl (C=O) groups excluding carboxylic acids is 2. The van der Waals surface area contributed by atoms with Crippen LogP contribution >= 0.6 is 0 Å². The van der Waals surface area contributed by atoms with Gasteiger partial charge in [0.25, 0.3) is 15.6 Å². The van der Waals surface area contributed by atoms with Crippen LogP contribution in [0.5, 0.6) is 0 Å². The third kappa shape index (κ3) is 5.16. The Bertz CT molecular complexity index is 1670. The third-order valence-corrected chi connectivity index (χ3v) is 7.59. The molecule has 0 saturated heterocycles. The molecule has 0 aliphatic rings. The van der Waals surface area contributed by atoms with Crippen molar-refractivity contribution in [3.8, 4) is 5.69 Å². The van der Waals surface area contributed by atoms with Crippen LogP contribution in [0.15, 0.2) is 88.6 Å². The van der Waals surface area contributed by atoms with Gasteiger partial charge in [-0.15, -0.1) is 0 Å². The van der Waals surface area contributed by atoms with Crippen LogP contribution in [-0.2, 0) is 21.8 Å². The minimum atomic E-state index is -4.26. The molecule has 9 nitrogen and oxygen atoms in total. The van der Waals surface area contributed by atoms with Gasteiger partial charge in [0.15, 0.2) is 6.10 Å². The first-order valence-electron chi connectivity index (χ1n) is 11.8. The van der Waals surface area contributed by atoms with Crippen molar-refractivity contribution in [2.24, 2.45) is 7.05 Å². The number of benzene rings is 3. The second-order valence-corrected chi connectivity index (χ2v) is 10.5. The summed E-state index contributed by atoms with van der Waals surface area (Å²) in [7, 11) is -2.60. The van der Waals surface area contributed by atoms with E-state index >= 15 is 0 Å². The average Bonchev–Trinajstić information content (AvgIpc) is 3.11. The van der Waals surface area contributed by atoms with E-state index in [1.54, 1.807) is 80.2 Å². The van der Waals surface area contributed by atoms with E-state index in [0.29, 0.717) is 22.5 Å². The minimum Gasteiger partial charge on any atom is -0.451 e. The first-order chi connectivity index (χ1) is 18.0. The van der Waals surface area contributed by atoms with E-state index in [1.807, 2.05) is 6.07 Å². The molecule has 1 aromatic heterocycles. The molecule has 0 unspecified atom stereocenters. The van der Waals surface area contributed by atoms with Gasteiger partial charge < -0.3 is 4.74 Å². The van der Waals surface area contributed by atoms with E-state index in [9.17, 15) is 22.8 Å². The molecule has 1 atom stereocenters. The number of aryl methyl sites for hydroxylation is 1. The predicted molar refractivity (Wildman–Crippen MR) is 143 cm³/mol. The number of rotatable bonds is 8. The van der Waals surface area contributed by atoms with Gasteiger partial charge in [-0.3, -0.25) is 19.0 Å². The van der Waals surface area contributed by atoms with Crippen LogP contribution in [0.25, 0.3) is 5.69 Å². The van der Waals surface area contributed by atoms with Crippen LogP contribution in [0, 0.1) is 13.8 Å². The molecule has 0 aliphatic heterocycles. The van der Waals surface area contributed by atoms with E-state index in [1.165, 1.54) is 29.8 Å². The number of aromatic nitrogens is 2. The topological polar surface area (TPSA) is 116 Å². The second kappa shape index (κ2) is 10.5. The number of carbonyl (C=O) groups is 2. The van der Waals surface area contributed by atoms with Crippen molar-refractivity contribution in [1.29, 1.82) is 0 Å². The molecule has 10 heteroatoms. The second-order valence-electron chi connectivity index (χ2n) is 8.80. The van der Waals surface area contributed by atoms with Gasteiger partial charge >= 0.3 is 5.97 Å². The van der Waals surface area contributed by atoms with Gasteiger partial charge in [-0.1, -0.05) is 54.6 Å². The van der Waals surface area contributed by atoms with Crippen LogP contribution in [0.4, 0.5) is 5.69 Å². The maximum absolute atomic E-state index is 13.3. The Morgan fingerprint density at radius 3 is 2.16 bits per heavy atom. The van der Waals surface area contributed by atoms with Crippen molar-refractivity contribution in [2.45, 2.75) is 31.8 Å². The molecule has 196 valence electrons. The van der Waals surface area contributed by atoms with Crippen LogP contribution in [-0.4, -0.2) is 35.6 Å². The first kappa shape index (κ1) is 26.6. The lowest BCUT2D eigenvalue weighted by atomic mass is 10.1. The normalized spacial score (nSPS) is 12.1. The molecule has 1 N–H and O–H groups in total. The van der Waals surface area contributed by atoms with Gasteiger partial charge in [-0.25, -0.2) is 17.9 Å². The van der Waals surface area contributed by atoms with Gasteiger partial charge in [0.05, 0.1) is 21.8 Å². The summed E-state index contributed by atoms with van der Waals surface area (Å²) < 4.78 is 37.2. The van der Waals surface area contributed by atoms with E-state index in [4.69, 9.17) is 4.74 Å². The number of hydrogen-bond donors (Lipinski definition) is 1. The summed E-state index contributed by atoms with van der Waals surface area (Å²) in [6.45, 7) is 4.71. The molecule has 38 heavy (non-hydrogen) atoms. The van der Waals surface area contributed by atoms with Gasteiger partial charge in [0, 0.05) is 12.6 Å². The zero-order chi connectivity index (χ0) is 27.6. The van der Waals surface area contributed by atoms with Crippen LogP contribution in [0.1, 0.15) is 38.9 Å². The summed E-state index contributed by atoms with van der Waals surface area (Å²) in [5.41, 5.74) is 1.19. The van der Waals surface area contributed by atoms with E-state index in [0.717, 1.165) is 0 Å². The van der Waals surface area contributed by atoms with Gasteiger partial charge in [-0.05, 0) is 50.6 Å². The summed E-state index contributed by atoms with van der Waals surface area (Å²) in [4.78, 5) is 38.5. The minimum absolute atomic E-state index is 0.00735. The summed E-state index contributed by atoms with van der Waals surface area (Å²) >= 11 is 0. The van der Waals surface area contributed by atoms with E-state index < -0.39 is 27.7 Å². The lowest BCUT2D eigenvalue weighted by Crippen LogP contribution is -2.25. The Morgan fingerprint density at radius 1 is 0.921 bits per heavy atom. The molecular weight excluding hydrogens is 506 g/mol. The number of hydrogen-bond acceptors (Lipinski definition) is 6. The largest absolute Gasteiger partial charge is 0.451 e. The fourth-order valence-electron chi connectivity index (χ4n) is 3.98. The Kier molecular flexibility index (Phi) is 7.36. The highest BCUT2D eigenvalue weighted by Crippen LogP contribution is 2.22. The lowest BCUT2D eigenvalue weighted by Gasteiger charge is -2.14. The van der Waals surface area contributed by atoms with Gasteiger partial charge in [0.1, 0.15) is 5.69 Å². The highest BCUT2D eigenvalue weighted by Gasteiger charge is 2.26. The molecule has 0 amide bonds. The van der Waals surface area contributed by atoms with E-state index in [-0.39, 0.29) is 21.9 Å². The van der Waals surface area contributed by atoms with Crippen molar-refractivity contribution >= 4 is 27.5 Å². The van der Waals surface area contributed by atoms with E-state index in [2.05, 4.69) is 4.72 Å². The first-order valence-corrected chi connectivity index (χ1v) is 13.3. The molecule has 0 bridgehead atoms. The van der Waals surface area contributed by atoms with Gasteiger partial charge in [0.2, 0.25) is 5.78 Å². The zero-order valence-electron chi connectivity index (χ0n) is 21.3. The van der Waals surface area contributed by atoms with Crippen LogP contribution in [0.2, 0.25) is 0 Å². The average molecular weight is 534 g/mol. The number of nitrogens with zero attached hydrogens (tertiary/aromatic N) is 2. The SMILES string of the molecule is Cc1ccc(S(=O)(=O)Nc2c(C)n(C)n(-c3ccccc3)c2=O)cc1C(=O)O[C@@H](C)C(=O)c1ccccc1. The highest BCUT2D eigenvalue weighted by molar-refractivity contribution is 7.92. The number of Topliss-reactive ketones (excluding diaryl/α,β-unsaturated/α-hetero) is 1. The predicted octanol–water partition coefficient (Wildman–Crippen LogP) is 4.02. The maximum atomic E-state index is 13.3. The summed E-state index contributed by atoms with van der Waals surface area (Å²) in [5, 5.41) is 0. The molecular formula is C28H27N3O6S. The fraction of sp³-hybridized carbons (Fsp3) is 0.179. The Hall–Kier alpha value is -4.44. The third-order valence-electron chi connectivity index (χ3n) is 6.24. The molecule has 0 spiro atoms. The number of anilines is 1. The van der Waals surface area contributed by atoms with Gasteiger partial charge in [-0.2, -0.15) is 0 Å². The lowest BCUT2D eigenvalue weighted by molar-refractivity contribution is 0.0318. The number of nitrogens with one attached hydrogen (secondary N) is 1. The van der Waals surface area contributed by atoms with Crippen molar-refractivity contribution in [3.05, 3.63) is 112 Å². The summed E-state index contributed by atoms with van der Waals surface area (Å²) in [6.07, 6.45) is -1.08. The quantitative estimate of drug-likeness (QED) is 0.270. The number of ether oxygens (including phenoxy) is 1. The fourth-order valence-corrected chi connectivity index (χ4v) is 5.12. The zero-order valence-corrected chi connectivity index (χ0v) is 22.2. The molecule has 4 aromatic rings. The van der Waals surface area contributed by atoms with Crippen molar-refractivity contribution in [2.75, 3.05) is 4.72 Å². The van der Waals surface area contributed by atoms with Crippen molar-refractivity contribution < 1.29 is 22.7 Å². The molecule has 0 saturated carbocycles.